The Hall–Kier alpha value is -0.790. The number of nitrogens with one attached hydrogen (secondary N) is 1. The van der Waals surface area contributed by atoms with Crippen LogP contribution in [0.4, 0.5) is 4.39 Å². The first kappa shape index (κ1) is 20.2. The maximum atomic E-state index is 14.4. The van der Waals surface area contributed by atoms with E-state index in [1.54, 1.807) is 0 Å². The van der Waals surface area contributed by atoms with Crippen LogP contribution in [-0.4, -0.2) is 12.7 Å². The van der Waals surface area contributed by atoms with E-state index >= 15 is 0 Å². The Bertz CT molecular complexity index is 318. The summed E-state index contributed by atoms with van der Waals surface area (Å²) in [7, 11) is 0. The van der Waals surface area contributed by atoms with E-state index in [1.165, 1.54) is 24.8 Å². The van der Waals surface area contributed by atoms with Gasteiger partial charge in [0.25, 0.3) is 0 Å². The molecule has 0 amide bonds. The minimum atomic E-state index is -0.830. The third-order valence-electron chi connectivity index (χ3n) is 4.23. The normalized spacial score (nSPS) is 13.3. The SMILES string of the molecule is C=C(C)CCCCCCC(C)(C)C(F)CNC(=C)C(C)C. The average Bonchev–Trinajstić information content (AvgIpc) is 2.38. The van der Waals surface area contributed by atoms with Crippen LogP contribution in [0.5, 0.6) is 0 Å². The average molecular weight is 298 g/mol. The summed E-state index contributed by atoms with van der Waals surface area (Å²) in [6.45, 7) is 18.5. The van der Waals surface area contributed by atoms with E-state index in [0.717, 1.165) is 25.0 Å². The van der Waals surface area contributed by atoms with Crippen LogP contribution in [0.2, 0.25) is 0 Å². The molecule has 0 aliphatic carbocycles. The van der Waals surface area contributed by atoms with E-state index in [0.29, 0.717) is 12.5 Å². The highest BCUT2D eigenvalue weighted by Gasteiger charge is 2.28. The molecule has 124 valence electrons. The Labute approximate surface area is 132 Å². The maximum Gasteiger partial charge on any atom is 0.122 e. The molecule has 0 radical (unpaired) electrons. The molecule has 0 aromatic rings. The molecule has 0 rings (SSSR count). The summed E-state index contributed by atoms with van der Waals surface area (Å²) in [6.07, 6.45) is 5.97. The zero-order chi connectivity index (χ0) is 16.5. The molecule has 1 nitrogen and oxygen atoms in total. The van der Waals surface area contributed by atoms with Crippen molar-refractivity contribution in [1.82, 2.24) is 5.32 Å². The fourth-order valence-corrected chi connectivity index (χ4v) is 2.22. The number of halogens is 1. The van der Waals surface area contributed by atoms with Crippen molar-refractivity contribution in [1.29, 1.82) is 0 Å². The summed E-state index contributed by atoms with van der Waals surface area (Å²) in [4.78, 5) is 0. The first-order valence-electron chi connectivity index (χ1n) is 8.38. The number of alkyl halides is 1. The van der Waals surface area contributed by atoms with Crippen LogP contribution in [0.25, 0.3) is 0 Å². The molecule has 0 aliphatic heterocycles. The van der Waals surface area contributed by atoms with E-state index in [2.05, 4.69) is 39.2 Å². The van der Waals surface area contributed by atoms with Crippen molar-refractivity contribution in [2.75, 3.05) is 6.54 Å². The minimum absolute atomic E-state index is 0.265. The smallest absolute Gasteiger partial charge is 0.122 e. The van der Waals surface area contributed by atoms with Crippen molar-refractivity contribution in [3.05, 3.63) is 24.4 Å². The molecule has 1 atom stereocenters. The first-order chi connectivity index (χ1) is 9.66. The highest BCUT2D eigenvalue weighted by molar-refractivity contribution is 4.96. The van der Waals surface area contributed by atoms with Crippen molar-refractivity contribution >= 4 is 0 Å². The fourth-order valence-electron chi connectivity index (χ4n) is 2.22. The Morgan fingerprint density at radius 2 is 1.67 bits per heavy atom. The van der Waals surface area contributed by atoms with Crippen molar-refractivity contribution in [2.24, 2.45) is 11.3 Å². The van der Waals surface area contributed by atoms with Gasteiger partial charge >= 0.3 is 0 Å². The molecular formula is C19H36FN. The van der Waals surface area contributed by atoms with Gasteiger partial charge in [0.05, 0.1) is 0 Å². The highest BCUT2D eigenvalue weighted by atomic mass is 19.1. The van der Waals surface area contributed by atoms with Crippen LogP contribution in [0, 0.1) is 11.3 Å². The number of hydrogen-bond donors (Lipinski definition) is 1. The van der Waals surface area contributed by atoms with Crippen LogP contribution in [0.1, 0.15) is 73.1 Å². The quantitative estimate of drug-likeness (QED) is 0.343. The molecule has 0 saturated heterocycles. The third-order valence-corrected chi connectivity index (χ3v) is 4.23. The molecule has 0 aromatic heterocycles. The zero-order valence-corrected chi connectivity index (χ0v) is 14.9. The van der Waals surface area contributed by atoms with Crippen molar-refractivity contribution in [3.63, 3.8) is 0 Å². The third kappa shape index (κ3) is 9.71. The lowest BCUT2D eigenvalue weighted by Crippen LogP contribution is -2.35. The van der Waals surface area contributed by atoms with E-state index in [9.17, 15) is 4.39 Å². The second-order valence-electron chi connectivity index (χ2n) is 7.39. The predicted molar refractivity (Wildman–Crippen MR) is 93.2 cm³/mol. The minimum Gasteiger partial charge on any atom is -0.386 e. The summed E-state index contributed by atoms with van der Waals surface area (Å²) in [5, 5.41) is 3.13. The second-order valence-corrected chi connectivity index (χ2v) is 7.39. The molecular weight excluding hydrogens is 261 g/mol. The van der Waals surface area contributed by atoms with Gasteiger partial charge in [-0.15, -0.1) is 6.58 Å². The van der Waals surface area contributed by atoms with Gasteiger partial charge in [-0.05, 0) is 37.5 Å². The number of unbranched alkanes of at least 4 members (excludes halogenated alkanes) is 3. The summed E-state index contributed by atoms with van der Waals surface area (Å²) in [5.41, 5.74) is 1.92. The predicted octanol–water partition coefficient (Wildman–Crippen LogP) is 6.03. The summed E-state index contributed by atoms with van der Waals surface area (Å²) < 4.78 is 14.4. The van der Waals surface area contributed by atoms with E-state index in [1.807, 2.05) is 13.8 Å². The molecule has 0 aromatic carbocycles. The van der Waals surface area contributed by atoms with Crippen LogP contribution in [-0.2, 0) is 0 Å². The molecule has 21 heavy (non-hydrogen) atoms. The molecule has 0 bridgehead atoms. The van der Waals surface area contributed by atoms with Gasteiger partial charge in [-0.3, -0.25) is 0 Å². The molecule has 0 fully saturated rings. The Morgan fingerprint density at radius 3 is 2.19 bits per heavy atom. The van der Waals surface area contributed by atoms with Gasteiger partial charge in [0.2, 0.25) is 0 Å². The van der Waals surface area contributed by atoms with Gasteiger partial charge in [0, 0.05) is 12.2 Å². The highest BCUT2D eigenvalue weighted by Crippen LogP contribution is 2.30. The molecule has 1 unspecified atom stereocenters. The van der Waals surface area contributed by atoms with Crippen molar-refractivity contribution in [3.8, 4) is 0 Å². The summed E-state index contributed by atoms with van der Waals surface area (Å²) in [6, 6.07) is 0. The molecule has 0 spiro atoms. The molecule has 1 N–H and O–H groups in total. The zero-order valence-electron chi connectivity index (χ0n) is 14.9. The Balaban J connectivity index is 3.89. The van der Waals surface area contributed by atoms with Gasteiger partial charge in [-0.25, -0.2) is 4.39 Å². The van der Waals surface area contributed by atoms with Crippen LogP contribution >= 0.6 is 0 Å². The first-order valence-corrected chi connectivity index (χ1v) is 8.38. The molecule has 0 aliphatic rings. The standard InChI is InChI=1S/C19H36FN/c1-15(2)12-10-8-9-11-13-19(6,7)18(20)14-21-17(5)16(3)4/h16,18,21H,1,5,8-14H2,2-4,6-7H3. The lowest BCUT2D eigenvalue weighted by atomic mass is 9.82. The van der Waals surface area contributed by atoms with E-state index in [4.69, 9.17) is 0 Å². The van der Waals surface area contributed by atoms with Gasteiger partial charge in [0.15, 0.2) is 0 Å². The molecule has 0 heterocycles. The van der Waals surface area contributed by atoms with Gasteiger partial charge in [-0.1, -0.05) is 59.1 Å². The van der Waals surface area contributed by atoms with E-state index < -0.39 is 6.17 Å². The molecule has 0 saturated carbocycles. The van der Waals surface area contributed by atoms with Gasteiger partial charge in [0.1, 0.15) is 6.17 Å². The van der Waals surface area contributed by atoms with E-state index in [-0.39, 0.29) is 5.41 Å². The topological polar surface area (TPSA) is 12.0 Å². The largest absolute Gasteiger partial charge is 0.386 e. The lowest BCUT2D eigenvalue weighted by molar-refractivity contribution is 0.128. The van der Waals surface area contributed by atoms with Crippen molar-refractivity contribution < 1.29 is 4.39 Å². The number of hydrogen-bond acceptors (Lipinski definition) is 1. The van der Waals surface area contributed by atoms with Crippen LogP contribution < -0.4 is 5.32 Å². The fraction of sp³-hybridized carbons (Fsp3) is 0.789. The summed E-state index contributed by atoms with van der Waals surface area (Å²) >= 11 is 0. The van der Waals surface area contributed by atoms with Gasteiger partial charge in [-0.2, -0.15) is 0 Å². The Morgan fingerprint density at radius 1 is 1.10 bits per heavy atom. The Kier molecular flexibility index (Phi) is 9.65. The summed E-state index contributed by atoms with van der Waals surface area (Å²) in [5.74, 6) is 0.355. The van der Waals surface area contributed by atoms with Crippen LogP contribution in [0.3, 0.4) is 0 Å². The monoisotopic (exact) mass is 297 g/mol. The maximum absolute atomic E-state index is 14.4. The lowest BCUT2D eigenvalue weighted by Gasteiger charge is -2.30. The molecule has 2 heteroatoms. The van der Waals surface area contributed by atoms with Gasteiger partial charge < -0.3 is 5.32 Å². The van der Waals surface area contributed by atoms with Crippen molar-refractivity contribution in [2.45, 2.75) is 79.3 Å². The van der Waals surface area contributed by atoms with Crippen LogP contribution in [0.15, 0.2) is 24.4 Å². The second kappa shape index (κ2) is 10.0. The number of rotatable bonds is 12. The number of allylic oxidation sites excluding steroid dienone is 2.